The zero-order chi connectivity index (χ0) is 15.8. The quantitative estimate of drug-likeness (QED) is 0.790. The molecule has 0 bridgehead atoms. The Morgan fingerprint density at radius 3 is 2.57 bits per heavy atom. The molecule has 1 aliphatic heterocycles. The molecular formula is C16H11F2N5. The first-order valence-corrected chi connectivity index (χ1v) is 6.99. The molecule has 1 atom stereocenters. The number of tetrazole rings is 1. The van der Waals surface area contributed by atoms with Crippen LogP contribution in [0, 0.1) is 11.6 Å². The maximum absolute atomic E-state index is 14.2. The highest BCUT2D eigenvalue weighted by molar-refractivity contribution is 5.76. The van der Waals surface area contributed by atoms with E-state index in [0.717, 1.165) is 5.56 Å². The van der Waals surface area contributed by atoms with Gasteiger partial charge in [0.05, 0.1) is 0 Å². The van der Waals surface area contributed by atoms with Crippen LogP contribution in [0.1, 0.15) is 17.2 Å². The first-order valence-electron chi connectivity index (χ1n) is 6.99. The summed E-state index contributed by atoms with van der Waals surface area (Å²) < 4.78 is 28.8. The zero-order valence-electron chi connectivity index (χ0n) is 11.8. The van der Waals surface area contributed by atoms with Crippen LogP contribution in [0.2, 0.25) is 0 Å². The van der Waals surface area contributed by atoms with Crippen LogP contribution in [0.15, 0.2) is 54.6 Å². The summed E-state index contributed by atoms with van der Waals surface area (Å²) in [4.78, 5) is 0. The Morgan fingerprint density at radius 2 is 1.78 bits per heavy atom. The van der Waals surface area contributed by atoms with E-state index in [0.29, 0.717) is 17.2 Å². The smallest absolute Gasteiger partial charge is 0.248 e. The van der Waals surface area contributed by atoms with Crippen LogP contribution < -0.4 is 5.32 Å². The van der Waals surface area contributed by atoms with E-state index < -0.39 is 6.04 Å². The summed E-state index contributed by atoms with van der Waals surface area (Å²) in [7, 11) is 0. The molecule has 3 aromatic rings. The van der Waals surface area contributed by atoms with Crippen LogP contribution >= 0.6 is 0 Å². The molecule has 0 fully saturated rings. The predicted octanol–water partition coefficient (Wildman–Crippen LogP) is 3.01. The van der Waals surface area contributed by atoms with Crippen molar-refractivity contribution in [2.45, 2.75) is 6.04 Å². The third-order valence-electron chi connectivity index (χ3n) is 3.71. The number of hydrogen-bond donors (Lipinski definition) is 1. The monoisotopic (exact) mass is 311 g/mol. The molecule has 5 nitrogen and oxygen atoms in total. The summed E-state index contributed by atoms with van der Waals surface area (Å²) in [5.74, 6) is -0.253. The molecule has 1 aromatic heterocycles. The Morgan fingerprint density at radius 1 is 1.00 bits per heavy atom. The van der Waals surface area contributed by atoms with Crippen LogP contribution in [0.4, 0.5) is 14.7 Å². The Labute approximate surface area is 130 Å². The average molecular weight is 311 g/mol. The first kappa shape index (κ1) is 13.6. The number of benzene rings is 2. The van der Waals surface area contributed by atoms with Gasteiger partial charge in [0.1, 0.15) is 17.7 Å². The Bertz CT molecular complexity index is 885. The van der Waals surface area contributed by atoms with Gasteiger partial charge in [0.25, 0.3) is 0 Å². The van der Waals surface area contributed by atoms with Crippen LogP contribution in [-0.4, -0.2) is 20.2 Å². The molecule has 2 aromatic carbocycles. The summed E-state index contributed by atoms with van der Waals surface area (Å²) in [5.41, 5.74) is 1.92. The van der Waals surface area contributed by atoms with Crippen molar-refractivity contribution in [3.63, 3.8) is 0 Å². The van der Waals surface area contributed by atoms with Crippen molar-refractivity contribution in [2.24, 2.45) is 0 Å². The highest BCUT2D eigenvalue weighted by atomic mass is 19.1. The maximum Gasteiger partial charge on any atom is 0.248 e. The van der Waals surface area contributed by atoms with E-state index in [1.165, 1.54) is 22.9 Å². The number of fused-ring (bicyclic) bond motifs is 1. The number of nitrogens with one attached hydrogen (secondary N) is 1. The maximum atomic E-state index is 14.2. The van der Waals surface area contributed by atoms with Gasteiger partial charge in [-0.2, -0.15) is 4.68 Å². The molecule has 0 spiro atoms. The molecule has 1 N–H and O–H groups in total. The third kappa shape index (κ3) is 2.36. The van der Waals surface area contributed by atoms with Crippen molar-refractivity contribution in [3.8, 4) is 0 Å². The molecule has 7 heteroatoms. The van der Waals surface area contributed by atoms with E-state index in [4.69, 9.17) is 0 Å². The molecule has 1 unspecified atom stereocenters. The Balaban J connectivity index is 1.83. The van der Waals surface area contributed by atoms with Gasteiger partial charge in [0.15, 0.2) is 0 Å². The summed E-state index contributed by atoms with van der Waals surface area (Å²) in [6, 6.07) is 12.0. The van der Waals surface area contributed by atoms with Crippen LogP contribution in [0.3, 0.4) is 0 Å². The van der Waals surface area contributed by atoms with E-state index in [1.54, 1.807) is 30.3 Å². The Kier molecular flexibility index (Phi) is 3.11. The molecule has 0 amide bonds. The van der Waals surface area contributed by atoms with Gasteiger partial charge < -0.3 is 5.32 Å². The van der Waals surface area contributed by atoms with Gasteiger partial charge in [-0.15, -0.1) is 0 Å². The fraction of sp³-hybridized carbons (Fsp3) is 0.0625. The number of allylic oxidation sites excluding steroid dienone is 1. The van der Waals surface area contributed by atoms with Crippen LogP contribution in [0.5, 0.6) is 0 Å². The van der Waals surface area contributed by atoms with Gasteiger partial charge in [-0.3, -0.25) is 0 Å². The van der Waals surface area contributed by atoms with Gasteiger partial charge in [0.2, 0.25) is 5.95 Å². The minimum Gasteiger partial charge on any atom is -0.323 e. The highest BCUT2D eigenvalue weighted by Crippen LogP contribution is 2.32. The summed E-state index contributed by atoms with van der Waals surface area (Å²) >= 11 is 0. The molecule has 114 valence electrons. The molecule has 4 rings (SSSR count). The van der Waals surface area contributed by atoms with Gasteiger partial charge >= 0.3 is 0 Å². The zero-order valence-corrected chi connectivity index (χ0v) is 11.8. The SMILES string of the molecule is Fc1ccc(C2=CC(c3ccccc3F)n3nnnc3N2)cc1. The third-order valence-corrected chi connectivity index (χ3v) is 3.71. The summed E-state index contributed by atoms with van der Waals surface area (Å²) in [6.07, 6.45) is 1.81. The van der Waals surface area contributed by atoms with Crippen molar-refractivity contribution >= 4 is 11.6 Å². The molecule has 23 heavy (non-hydrogen) atoms. The lowest BCUT2D eigenvalue weighted by molar-refractivity contribution is 0.540. The first-order chi connectivity index (χ1) is 11.2. The lowest BCUT2D eigenvalue weighted by Gasteiger charge is -2.23. The molecule has 0 radical (unpaired) electrons. The molecule has 1 aliphatic rings. The number of rotatable bonds is 2. The van der Waals surface area contributed by atoms with E-state index in [2.05, 4.69) is 20.8 Å². The number of anilines is 1. The largest absolute Gasteiger partial charge is 0.323 e. The normalized spacial score (nSPS) is 16.4. The van der Waals surface area contributed by atoms with E-state index in [1.807, 2.05) is 6.08 Å². The van der Waals surface area contributed by atoms with Crippen molar-refractivity contribution in [1.82, 2.24) is 20.2 Å². The second-order valence-corrected chi connectivity index (χ2v) is 5.13. The number of hydrogen-bond acceptors (Lipinski definition) is 4. The van der Waals surface area contributed by atoms with Crippen LogP contribution in [-0.2, 0) is 0 Å². The molecule has 0 saturated carbocycles. The van der Waals surface area contributed by atoms with E-state index in [-0.39, 0.29) is 11.6 Å². The van der Waals surface area contributed by atoms with Crippen molar-refractivity contribution in [2.75, 3.05) is 5.32 Å². The van der Waals surface area contributed by atoms with E-state index >= 15 is 0 Å². The molecule has 2 heterocycles. The van der Waals surface area contributed by atoms with Crippen LogP contribution in [0.25, 0.3) is 5.70 Å². The van der Waals surface area contributed by atoms with Crippen molar-refractivity contribution in [3.05, 3.63) is 77.4 Å². The topological polar surface area (TPSA) is 55.6 Å². The fourth-order valence-electron chi connectivity index (χ4n) is 2.59. The van der Waals surface area contributed by atoms with E-state index in [9.17, 15) is 8.78 Å². The average Bonchev–Trinajstić information content (AvgIpc) is 3.04. The van der Waals surface area contributed by atoms with Gasteiger partial charge in [-0.05, 0) is 52.4 Å². The second kappa shape index (κ2) is 5.28. The lowest BCUT2D eigenvalue weighted by Crippen LogP contribution is -2.21. The second-order valence-electron chi connectivity index (χ2n) is 5.13. The summed E-state index contributed by atoms with van der Waals surface area (Å²) in [6.45, 7) is 0. The fourth-order valence-corrected chi connectivity index (χ4v) is 2.59. The van der Waals surface area contributed by atoms with Crippen molar-refractivity contribution in [1.29, 1.82) is 0 Å². The number of aromatic nitrogens is 4. The molecule has 0 saturated heterocycles. The molecular weight excluding hydrogens is 300 g/mol. The predicted molar refractivity (Wildman–Crippen MR) is 80.4 cm³/mol. The van der Waals surface area contributed by atoms with Gasteiger partial charge in [-0.25, -0.2) is 8.78 Å². The standard InChI is InChI=1S/C16H11F2N5/c17-11-7-5-10(6-8-11)14-9-15(12-3-1-2-4-13(12)18)23-16(19-14)20-21-22-23/h1-9,15H,(H,19,20,22). The Hall–Kier alpha value is -3.09. The minimum absolute atomic E-state index is 0.319. The highest BCUT2D eigenvalue weighted by Gasteiger charge is 2.26. The number of halogens is 2. The van der Waals surface area contributed by atoms with Gasteiger partial charge in [0, 0.05) is 11.3 Å². The van der Waals surface area contributed by atoms with Crippen molar-refractivity contribution < 1.29 is 8.78 Å². The number of nitrogens with zero attached hydrogens (tertiary/aromatic N) is 4. The van der Waals surface area contributed by atoms with Gasteiger partial charge in [-0.1, -0.05) is 23.3 Å². The lowest BCUT2D eigenvalue weighted by atomic mass is 10.0. The molecule has 0 aliphatic carbocycles. The summed E-state index contributed by atoms with van der Waals surface area (Å²) in [5, 5.41) is 14.5. The minimum atomic E-state index is -0.484.